The fourth-order valence-electron chi connectivity index (χ4n) is 0.796. The second-order valence-electron chi connectivity index (χ2n) is 2.39. The van der Waals surface area contributed by atoms with E-state index in [0.717, 1.165) is 12.7 Å². The molecule has 0 radical (unpaired) electrons. The molecule has 0 aliphatic rings. The van der Waals surface area contributed by atoms with E-state index in [-0.39, 0.29) is 5.75 Å². The van der Waals surface area contributed by atoms with Crippen molar-refractivity contribution in [3.8, 4) is 0 Å². The molecule has 0 aliphatic carbocycles. The summed E-state index contributed by atoms with van der Waals surface area (Å²) in [4.78, 5) is 3.78. The molecule has 0 aliphatic heterocycles. The standard InChI is InChI=1S/C7H9NO3S.CH4O/c9-12(10,11)6-3-7-1-4-8-5-2-7;1-2/h1-2,4-5H,3,6H2,(H,9,10,11);2H,1H3. The molecule has 0 saturated carbocycles. The van der Waals surface area contributed by atoms with Gasteiger partial charge < -0.3 is 5.11 Å². The van der Waals surface area contributed by atoms with Crippen LogP contribution < -0.4 is 0 Å². The molecule has 0 spiro atoms. The topological polar surface area (TPSA) is 87.5 Å². The van der Waals surface area contributed by atoms with Crippen molar-refractivity contribution in [1.82, 2.24) is 4.98 Å². The molecule has 2 N–H and O–H groups in total. The average Bonchev–Trinajstić information content (AvgIpc) is 2.19. The normalized spacial score (nSPS) is 10.2. The maximum atomic E-state index is 10.3. The zero-order valence-electron chi connectivity index (χ0n) is 7.79. The van der Waals surface area contributed by atoms with Crippen LogP contribution in [0.25, 0.3) is 0 Å². The molecule has 0 saturated heterocycles. The zero-order chi connectivity index (χ0) is 11.0. The van der Waals surface area contributed by atoms with Gasteiger partial charge in [-0.05, 0) is 24.1 Å². The van der Waals surface area contributed by atoms with E-state index in [4.69, 9.17) is 9.66 Å². The number of hydrogen-bond donors (Lipinski definition) is 2. The van der Waals surface area contributed by atoms with Gasteiger partial charge in [0.15, 0.2) is 0 Å². The third-order valence-electron chi connectivity index (χ3n) is 1.40. The Balaban J connectivity index is 0.000000791. The van der Waals surface area contributed by atoms with Crippen LogP contribution >= 0.6 is 0 Å². The molecule has 0 unspecified atom stereocenters. The summed E-state index contributed by atoms with van der Waals surface area (Å²) in [6.45, 7) is 0. The van der Waals surface area contributed by atoms with Crippen molar-refractivity contribution in [3.05, 3.63) is 30.1 Å². The van der Waals surface area contributed by atoms with Crippen LogP contribution in [0.1, 0.15) is 5.56 Å². The van der Waals surface area contributed by atoms with Crippen molar-refractivity contribution >= 4 is 10.1 Å². The Hall–Kier alpha value is -0.980. The molecule has 0 atom stereocenters. The van der Waals surface area contributed by atoms with Crippen molar-refractivity contribution in [2.75, 3.05) is 12.9 Å². The van der Waals surface area contributed by atoms with E-state index in [1.165, 1.54) is 0 Å². The second-order valence-corrected chi connectivity index (χ2v) is 3.96. The molecule has 1 heterocycles. The first kappa shape index (κ1) is 13.0. The molecular weight excluding hydrogens is 206 g/mol. The molecule has 6 heteroatoms. The van der Waals surface area contributed by atoms with Gasteiger partial charge in [-0.15, -0.1) is 0 Å². The van der Waals surface area contributed by atoms with E-state index >= 15 is 0 Å². The van der Waals surface area contributed by atoms with Gasteiger partial charge in [0.05, 0.1) is 5.75 Å². The fraction of sp³-hybridized carbons (Fsp3) is 0.375. The number of pyridine rings is 1. The first-order valence-corrected chi connectivity index (χ1v) is 5.47. The van der Waals surface area contributed by atoms with Crippen LogP contribution in [-0.4, -0.2) is 35.9 Å². The molecular formula is C8H13NO4S. The monoisotopic (exact) mass is 219 g/mol. The summed E-state index contributed by atoms with van der Waals surface area (Å²) < 4.78 is 29.1. The molecule has 0 bridgehead atoms. The van der Waals surface area contributed by atoms with Gasteiger partial charge in [0.2, 0.25) is 0 Å². The Bertz CT molecular complexity index is 336. The maximum Gasteiger partial charge on any atom is 0.265 e. The van der Waals surface area contributed by atoms with Crippen molar-refractivity contribution < 1.29 is 18.1 Å². The molecule has 14 heavy (non-hydrogen) atoms. The highest BCUT2D eigenvalue weighted by Crippen LogP contribution is 1.98. The Kier molecular flexibility index (Phi) is 6.02. The quantitative estimate of drug-likeness (QED) is 0.705. The van der Waals surface area contributed by atoms with Gasteiger partial charge in [0.1, 0.15) is 0 Å². The van der Waals surface area contributed by atoms with Gasteiger partial charge in [0, 0.05) is 19.5 Å². The number of aryl methyl sites for hydroxylation is 1. The van der Waals surface area contributed by atoms with Gasteiger partial charge in [-0.3, -0.25) is 9.54 Å². The number of rotatable bonds is 3. The number of nitrogens with zero attached hydrogens (tertiary/aromatic N) is 1. The minimum atomic E-state index is -3.84. The second kappa shape index (κ2) is 6.47. The lowest BCUT2D eigenvalue weighted by molar-refractivity contribution is 0.399. The van der Waals surface area contributed by atoms with Crippen LogP contribution in [0.3, 0.4) is 0 Å². The summed E-state index contributed by atoms with van der Waals surface area (Å²) in [6.07, 6.45) is 3.49. The third-order valence-corrected chi connectivity index (χ3v) is 2.12. The summed E-state index contributed by atoms with van der Waals surface area (Å²) in [7, 11) is -2.84. The number of hydrogen-bond acceptors (Lipinski definition) is 4. The Labute approximate surface area is 83.2 Å². The maximum absolute atomic E-state index is 10.3. The summed E-state index contributed by atoms with van der Waals surface area (Å²) in [5.41, 5.74) is 0.850. The lowest BCUT2D eigenvalue weighted by Crippen LogP contribution is -2.06. The van der Waals surface area contributed by atoms with Crippen LogP contribution in [0.15, 0.2) is 24.5 Å². The van der Waals surface area contributed by atoms with Crippen LogP contribution in [0, 0.1) is 0 Å². The van der Waals surface area contributed by atoms with Gasteiger partial charge in [-0.25, -0.2) is 0 Å². The molecule has 1 rings (SSSR count). The van der Waals surface area contributed by atoms with Crippen LogP contribution in [-0.2, 0) is 16.5 Å². The Morgan fingerprint density at radius 3 is 2.21 bits per heavy atom. The van der Waals surface area contributed by atoms with E-state index in [0.29, 0.717) is 6.42 Å². The summed E-state index contributed by atoms with van der Waals surface area (Å²) in [5.74, 6) is -0.239. The summed E-state index contributed by atoms with van der Waals surface area (Å²) in [5, 5.41) is 7.00. The summed E-state index contributed by atoms with van der Waals surface area (Å²) in [6, 6.07) is 3.43. The molecule has 0 amide bonds. The third kappa shape index (κ3) is 6.53. The van der Waals surface area contributed by atoms with Gasteiger partial charge in [-0.2, -0.15) is 8.42 Å². The van der Waals surface area contributed by atoms with Crippen molar-refractivity contribution in [2.24, 2.45) is 0 Å². The Morgan fingerprint density at radius 2 is 1.79 bits per heavy atom. The average molecular weight is 219 g/mol. The predicted octanol–water partition coefficient (Wildman–Crippen LogP) is 0.120. The zero-order valence-corrected chi connectivity index (χ0v) is 8.61. The van der Waals surface area contributed by atoms with Crippen molar-refractivity contribution in [2.45, 2.75) is 6.42 Å². The predicted molar refractivity (Wildman–Crippen MR) is 52.5 cm³/mol. The number of aliphatic hydroxyl groups is 1. The van der Waals surface area contributed by atoms with E-state index in [1.807, 2.05) is 0 Å². The van der Waals surface area contributed by atoms with E-state index in [9.17, 15) is 8.42 Å². The number of aromatic nitrogens is 1. The number of aliphatic hydroxyl groups excluding tert-OH is 1. The van der Waals surface area contributed by atoms with Crippen molar-refractivity contribution in [3.63, 3.8) is 0 Å². The van der Waals surface area contributed by atoms with Gasteiger partial charge >= 0.3 is 0 Å². The molecule has 5 nitrogen and oxygen atoms in total. The van der Waals surface area contributed by atoms with Gasteiger partial charge in [-0.1, -0.05) is 0 Å². The molecule has 1 aromatic rings. The minimum absolute atomic E-state index is 0.239. The van der Waals surface area contributed by atoms with Gasteiger partial charge in [0.25, 0.3) is 10.1 Å². The fourth-order valence-corrected chi connectivity index (χ4v) is 1.29. The van der Waals surface area contributed by atoms with Crippen molar-refractivity contribution in [1.29, 1.82) is 0 Å². The first-order valence-electron chi connectivity index (χ1n) is 3.87. The first-order chi connectivity index (χ1) is 6.58. The molecule has 80 valence electrons. The van der Waals surface area contributed by atoms with Crippen LogP contribution in [0.4, 0.5) is 0 Å². The van der Waals surface area contributed by atoms with Crippen LogP contribution in [0.5, 0.6) is 0 Å². The largest absolute Gasteiger partial charge is 0.400 e. The highest BCUT2D eigenvalue weighted by Gasteiger charge is 2.03. The molecule has 0 fully saturated rings. The van der Waals surface area contributed by atoms with E-state index in [2.05, 4.69) is 4.98 Å². The molecule has 1 aromatic heterocycles. The lowest BCUT2D eigenvalue weighted by Gasteiger charge is -1.96. The highest BCUT2D eigenvalue weighted by molar-refractivity contribution is 7.85. The highest BCUT2D eigenvalue weighted by atomic mass is 32.2. The smallest absolute Gasteiger partial charge is 0.265 e. The van der Waals surface area contributed by atoms with Crippen LogP contribution in [0.2, 0.25) is 0 Å². The lowest BCUT2D eigenvalue weighted by atomic mass is 10.2. The Morgan fingerprint density at radius 1 is 1.29 bits per heavy atom. The van der Waals surface area contributed by atoms with E-state index in [1.54, 1.807) is 24.5 Å². The summed E-state index contributed by atoms with van der Waals surface area (Å²) >= 11 is 0. The van der Waals surface area contributed by atoms with E-state index < -0.39 is 10.1 Å². The SMILES string of the molecule is CO.O=S(=O)(O)CCc1ccncc1. The molecule has 0 aromatic carbocycles. The minimum Gasteiger partial charge on any atom is -0.400 e.